The molecule has 1 saturated heterocycles. The van der Waals surface area contributed by atoms with E-state index in [-0.39, 0.29) is 5.56 Å². The fourth-order valence-electron chi connectivity index (χ4n) is 4.50. The number of nitrogens with one attached hydrogen (secondary N) is 2. The van der Waals surface area contributed by atoms with Gasteiger partial charge in [-0.15, -0.1) is 0 Å². The van der Waals surface area contributed by atoms with Gasteiger partial charge in [-0.2, -0.15) is 0 Å². The van der Waals surface area contributed by atoms with Crippen molar-refractivity contribution in [2.24, 2.45) is 10.7 Å². The number of rotatable bonds is 5. The van der Waals surface area contributed by atoms with Gasteiger partial charge in [0.05, 0.1) is 13.1 Å². The van der Waals surface area contributed by atoms with Crippen LogP contribution >= 0.6 is 11.6 Å². The molecule has 6 nitrogen and oxygen atoms in total. The van der Waals surface area contributed by atoms with Crippen LogP contribution in [0.25, 0.3) is 11.1 Å². The van der Waals surface area contributed by atoms with Gasteiger partial charge in [-0.3, -0.25) is 9.79 Å². The summed E-state index contributed by atoms with van der Waals surface area (Å²) in [7, 11) is 0. The molecule has 1 fully saturated rings. The first kappa shape index (κ1) is 20.8. The molecular weight excluding hydrogens is 422 g/mol. The lowest BCUT2D eigenvalue weighted by molar-refractivity contribution is 0.479. The average molecular weight is 448 g/mol. The predicted molar refractivity (Wildman–Crippen MR) is 131 cm³/mol. The molecule has 2 aliphatic rings. The summed E-state index contributed by atoms with van der Waals surface area (Å²) in [6.07, 6.45) is 4.06. The van der Waals surface area contributed by atoms with Crippen LogP contribution in [0.4, 0.5) is 5.69 Å². The molecule has 0 atom stereocenters. The number of piperidine rings is 1. The molecule has 0 bridgehead atoms. The molecule has 32 heavy (non-hydrogen) atoms. The standard InChI is InChI=1S/C25H26ClN5O/c26-20-3-1-2-16(10-20)14-31-15-17(4-5-23(31)32)18-11-19-13-29-25(27)24(19)22(12-18)30-21-6-8-28-9-7-21/h1-5,10-12,15,21,28,30H,6-9,13-14H2,(H2,27,29). The number of hydrogen-bond acceptors (Lipinski definition) is 5. The van der Waals surface area contributed by atoms with Crippen LogP contribution in [-0.4, -0.2) is 29.5 Å². The zero-order valence-electron chi connectivity index (χ0n) is 17.8. The van der Waals surface area contributed by atoms with Gasteiger partial charge in [-0.25, -0.2) is 0 Å². The number of nitrogens with two attached hydrogens (primary N) is 1. The predicted octanol–water partition coefficient (Wildman–Crippen LogP) is 3.60. The van der Waals surface area contributed by atoms with Gasteiger partial charge in [-0.1, -0.05) is 23.7 Å². The molecule has 2 aliphatic heterocycles. The molecule has 0 saturated carbocycles. The zero-order valence-corrected chi connectivity index (χ0v) is 18.5. The Morgan fingerprint density at radius 1 is 1.12 bits per heavy atom. The third kappa shape index (κ3) is 4.29. The fourth-order valence-corrected chi connectivity index (χ4v) is 4.72. The number of hydrogen-bond donors (Lipinski definition) is 3. The molecule has 3 heterocycles. The molecule has 5 rings (SSSR count). The van der Waals surface area contributed by atoms with Gasteiger partial charge in [0.25, 0.3) is 5.56 Å². The second kappa shape index (κ2) is 8.81. The van der Waals surface area contributed by atoms with Crippen molar-refractivity contribution in [1.82, 2.24) is 9.88 Å². The lowest BCUT2D eigenvalue weighted by Gasteiger charge is -2.26. The number of aliphatic imine (C=N–C) groups is 1. The molecule has 2 aromatic carbocycles. The van der Waals surface area contributed by atoms with E-state index in [0.29, 0.717) is 30.0 Å². The first-order valence-corrected chi connectivity index (χ1v) is 11.3. The van der Waals surface area contributed by atoms with Crippen molar-refractivity contribution >= 4 is 23.1 Å². The molecule has 0 amide bonds. The molecular formula is C25H26ClN5O. The van der Waals surface area contributed by atoms with Crippen LogP contribution in [0, 0.1) is 0 Å². The van der Waals surface area contributed by atoms with Crippen molar-refractivity contribution < 1.29 is 0 Å². The smallest absolute Gasteiger partial charge is 0.250 e. The van der Waals surface area contributed by atoms with Crippen molar-refractivity contribution in [2.75, 3.05) is 18.4 Å². The minimum atomic E-state index is -0.0458. The van der Waals surface area contributed by atoms with Gasteiger partial charge >= 0.3 is 0 Å². The topological polar surface area (TPSA) is 84.4 Å². The maximum absolute atomic E-state index is 12.5. The number of fused-ring (bicyclic) bond motifs is 1. The zero-order chi connectivity index (χ0) is 22.1. The Balaban J connectivity index is 1.50. The lowest BCUT2D eigenvalue weighted by atomic mass is 9.97. The summed E-state index contributed by atoms with van der Waals surface area (Å²) in [5, 5.41) is 7.78. The monoisotopic (exact) mass is 447 g/mol. The largest absolute Gasteiger partial charge is 0.383 e. The van der Waals surface area contributed by atoms with E-state index in [1.165, 1.54) is 0 Å². The fraction of sp³-hybridized carbons (Fsp3) is 0.280. The molecule has 3 aromatic rings. The van der Waals surface area contributed by atoms with E-state index in [9.17, 15) is 4.79 Å². The Morgan fingerprint density at radius 3 is 2.78 bits per heavy atom. The lowest BCUT2D eigenvalue weighted by Crippen LogP contribution is -2.35. The van der Waals surface area contributed by atoms with Crippen LogP contribution in [0.3, 0.4) is 0 Å². The number of nitrogens with zero attached hydrogens (tertiary/aromatic N) is 2. The molecule has 0 radical (unpaired) electrons. The minimum absolute atomic E-state index is 0.0458. The number of aromatic nitrogens is 1. The SMILES string of the molecule is NC1=NCc2cc(-c3ccc(=O)n(Cc4cccc(Cl)c4)c3)cc(NC3CCNCC3)c21. The summed E-state index contributed by atoms with van der Waals surface area (Å²) in [4.78, 5) is 17.0. The maximum Gasteiger partial charge on any atom is 0.250 e. The van der Waals surface area contributed by atoms with Crippen LogP contribution in [0.1, 0.15) is 29.5 Å². The highest BCUT2D eigenvalue weighted by Gasteiger charge is 2.22. The van der Waals surface area contributed by atoms with Crippen LogP contribution in [0.2, 0.25) is 5.02 Å². The van der Waals surface area contributed by atoms with E-state index in [0.717, 1.165) is 59.4 Å². The van der Waals surface area contributed by atoms with Gasteiger partial charge < -0.3 is 20.9 Å². The Kier molecular flexibility index (Phi) is 5.72. The summed E-state index contributed by atoms with van der Waals surface area (Å²) >= 11 is 6.12. The first-order chi connectivity index (χ1) is 15.6. The Morgan fingerprint density at radius 2 is 1.97 bits per heavy atom. The van der Waals surface area contributed by atoms with E-state index >= 15 is 0 Å². The van der Waals surface area contributed by atoms with Gasteiger partial charge in [-0.05, 0) is 78.5 Å². The van der Waals surface area contributed by atoms with E-state index in [2.05, 4.69) is 27.8 Å². The molecule has 0 unspecified atom stereocenters. The Hall–Kier alpha value is -3.09. The molecule has 4 N–H and O–H groups in total. The number of halogens is 1. The summed E-state index contributed by atoms with van der Waals surface area (Å²) in [5.74, 6) is 0.592. The third-order valence-corrected chi connectivity index (χ3v) is 6.39. The van der Waals surface area contributed by atoms with Gasteiger partial charge in [0, 0.05) is 34.6 Å². The summed E-state index contributed by atoms with van der Waals surface area (Å²) in [6.45, 7) is 3.07. The van der Waals surface area contributed by atoms with Crippen LogP contribution < -0.4 is 21.9 Å². The number of benzene rings is 2. The molecule has 0 aliphatic carbocycles. The van der Waals surface area contributed by atoms with Crippen molar-refractivity contribution in [1.29, 1.82) is 0 Å². The van der Waals surface area contributed by atoms with Gasteiger partial charge in [0.15, 0.2) is 0 Å². The van der Waals surface area contributed by atoms with Crippen molar-refractivity contribution in [3.05, 3.63) is 86.8 Å². The van der Waals surface area contributed by atoms with Gasteiger partial charge in [0.1, 0.15) is 5.84 Å². The minimum Gasteiger partial charge on any atom is -0.383 e. The molecule has 0 spiro atoms. The maximum atomic E-state index is 12.5. The van der Waals surface area contributed by atoms with Crippen LogP contribution in [0.5, 0.6) is 0 Å². The second-order valence-corrected chi connectivity index (χ2v) is 8.88. The molecule has 1 aromatic heterocycles. The normalized spacial score (nSPS) is 16.0. The molecule has 7 heteroatoms. The highest BCUT2D eigenvalue weighted by molar-refractivity contribution is 6.30. The number of anilines is 1. The number of pyridine rings is 1. The van der Waals surface area contributed by atoms with Crippen molar-refractivity contribution in [2.45, 2.75) is 32.0 Å². The van der Waals surface area contributed by atoms with Crippen molar-refractivity contribution in [3.63, 3.8) is 0 Å². The second-order valence-electron chi connectivity index (χ2n) is 8.44. The molecule has 164 valence electrons. The Labute approximate surface area is 192 Å². The van der Waals surface area contributed by atoms with E-state index in [1.54, 1.807) is 10.6 Å². The van der Waals surface area contributed by atoms with Crippen molar-refractivity contribution in [3.8, 4) is 11.1 Å². The first-order valence-electron chi connectivity index (χ1n) is 11.0. The number of amidine groups is 1. The quantitative estimate of drug-likeness (QED) is 0.558. The average Bonchev–Trinajstić information content (AvgIpc) is 3.17. The van der Waals surface area contributed by atoms with Crippen LogP contribution in [0.15, 0.2) is 64.5 Å². The van der Waals surface area contributed by atoms with E-state index < -0.39 is 0 Å². The van der Waals surface area contributed by atoms with E-state index in [4.69, 9.17) is 17.3 Å². The highest BCUT2D eigenvalue weighted by atomic mass is 35.5. The Bertz CT molecular complexity index is 1240. The van der Waals surface area contributed by atoms with E-state index in [1.807, 2.05) is 36.5 Å². The summed E-state index contributed by atoms with van der Waals surface area (Å²) < 4.78 is 1.72. The summed E-state index contributed by atoms with van der Waals surface area (Å²) in [5.41, 5.74) is 12.3. The summed E-state index contributed by atoms with van der Waals surface area (Å²) in [6, 6.07) is 15.8. The van der Waals surface area contributed by atoms with Gasteiger partial charge in [0.2, 0.25) is 0 Å². The third-order valence-electron chi connectivity index (χ3n) is 6.15. The van der Waals surface area contributed by atoms with Crippen LogP contribution in [-0.2, 0) is 13.1 Å². The highest BCUT2D eigenvalue weighted by Crippen LogP contribution is 2.33.